The van der Waals surface area contributed by atoms with Gasteiger partial charge in [0.05, 0.1) is 6.61 Å². The Morgan fingerprint density at radius 3 is 2.45 bits per heavy atom. The first-order chi connectivity index (χ1) is 10.4. The van der Waals surface area contributed by atoms with E-state index < -0.39 is 17.2 Å². The Balaban J connectivity index is 2.61. The van der Waals surface area contributed by atoms with E-state index in [1.54, 1.807) is 14.0 Å². The molecular weight excluding hydrogens is 288 g/mol. The molecule has 0 fully saturated rings. The van der Waals surface area contributed by atoms with Gasteiger partial charge in [0.1, 0.15) is 0 Å². The third-order valence-corrected chi connectivity index (χ3v) is 3.59. The summed E-state index contributed by atoms with van der Waals surface area (Å²) in [5.74, 6) is -0.575. The summed E-state index contributed by atoms with van der Waals surface area (Å²) < 4.78 is 8.89. The van der Waals surface area contributed by atoms with Crippen LogP contribution in [0.1, 0.15) is 37.3 Å². The van der Waals surface area contributed by atoms with E-state index >= 15 is 0 Å². The number of aromatic nitrogens is 4. The highest BCUT2D eigenvalue weighted by molar-refractivity contribution is 5.90. The van der Waals surface area contributed by atoms with Gasteiger partial charge in [-0.15, -0.1) is 0 Å². The number of nitrogens with zero attached hydrogens (tertiary/aromatic N) is 4. The molecule has 0 aromatic carbocycles. The Kier molecular flexibility index (Phi) is 4.48. The van der Waals surface area contributed by atoms with Gasteiger partial charge in [0.25, 0.3) is 5.56 Å². The first kappa shape index (κ1) is 16.0. The van der Waals surface area contributed by atoms with Crippen molar-refractivity contribution in [2.24, 2.45) is 14.1 Å². The van der Waals surface area contributed by atoms with Crippen LogP contribution in [0, 0.1) is 0 Å². The second kappa shape index (κ2) is 6.17. The van der Waals surface area contributed by atoms with Crippen molar-refractivity contribution in [3.63, 3.8) is 0 Å². The molecule has 0 N–H and O–H groups in total. The fraction of sp³-hybridized carbons (Fsp3) is 0.571. The molecule has 0 spiro atoms. The molecular formula is C14H20N4O4. The van der Waals surface area contributed by atoms with Gasteiger partial charge in [-0.2, -0.15) is 0 Å². The van der Waals surface area contributed by atoms with Crippen LogP contribution in [0.4, 0.5) is 0 Å². The van der Waals surface area contributed by atoms with Crippen molar-refractivity contribution in [3.8, 4) is 0 Å². The lowest BCUT2D eigenvalue weighted by Gasteiger charge is -2.06. The third-order valence-electron chi connectivity index (χ3n) is 3.59. The van der Waals surface area contributed by atoms with Gasteiger partial charge in [-0.1, -0.05) is 13.3 Å². The Morgan fingerprint density at radius 2 is 1.86 bits per heavy atom. The lowest BCUT2D eigenvalue weighted by Crippen LogP contribution is -2.39. The molecule has 0 aliphatic carbocycles. The predicted octanol–water partition coefficient (Wildman–Crippen LogP) is 0.410. The van der Waals surface area contributed by atoms with Crippen LogP contribution in [0.2, 0.25) is 0 Å². The number of rotatable bonds is 5. The second-order valence-corrected chi connectivity index (χ2v) is 5.05. The molecule has 0 amide bonds. The van der Waals surface area contributed by atoms with Crippen molar-refractivity contribution in [3.05, 3.63) is 26.7 Å². The van der Waals surface area contributed by atoms with Gasteiger partial charge in [0.15, 0.2) is 11.2 Å². The summed E-state index contributed by atoms with van der Waals surface area (Å²) >= 11 is 0. The van der Waals surface area contributed by atoms with Crippen molar-refractivity contribution in [1.82, 2.24) is 18.7 Å². The molecule has 0 radical (unpaired) electrons. The molecule has 2 aromatic rings. The molecule has 8 nitrogen and oxygen atoms in total. The van der Waals surface area contributed by atoms with Crippen LogP contribution in [0.3, 0.4) is 0 Å². The monoisotopic (exact) mass is 308 g/mol. The summed E-state index contributed by atoms with van der Waals surface area (Å²) in [7, 11) is 3.09. The maximum absolute atomic E-state index is 12.4. The van der Waals surface area contributed by atoms with Crippen LogP contribution in [0.15, 0.2) is 9.59 Å². The van der Waals surface area contributed by atoms with Crippen LogP contribution < -0.4 is 11.2 Å². The number of hydrogen-bond donors (Lipinski definition) is 0. The first-order valence-electron chi connectivity index (χ1n) is 7.27. The highest BCUT2D eigenvalue weighted by Crippen LogP contribution is 2.10. The normalized spacial score (nSPS) is 11.1. The van der Waals surface area contributed by atoms with E-state index in [-0.39, 0.29) is 23.5 Å². The predicted molar refractivity (Wildman–Crippen MR) is 81.1 cm³/mol. The molecule has 0 aliphatic heterocycles. The number of aryl methyl sites for hydroxylation is 2. The number of ether oxygens (including phenoxy) is 1. The van der Waals surface area contributed by atoms with Crippen molar-refractivity contribution >= 4 is 17.1 Å². The van der Waals surface area contributed by atoms with Gasteiger partial charge in [0, 0.05) is 20.6 Å². The van der Waals surface area contributed by atoms with Gasteiger partial charge < -0.3 is 9.30 Å². The number of unbranched alkanes of at least 4 members (excludes halogenated alkanes) is 1. The zero-order valence-electron chi connectivity index (χ0n) is 13.3. The van der Waals surface area contributed by atoms with E-state index in [9.17, 15) is 14.4 Å². The molecule has 0 atom stereocenters. The van der Waals surface area contributed by atoms with Crippen LogP contribution >= 0.6 is 0 Å². The van der Waals surface area contributed by atoms with E-state index in [4.69, 9.17) is 4.74 Å². The fourth-order valence-electron chi connectivity index (χ4n) is 2.28. The van der Waals surface area contributed by atoms with E-state index in [1.165, 1.54) is 16.2 Å². The van der Waals surface area contributed by atoms with Crippen molar-refractivity contribution in [2.45, 2.75) is 33.2 Å². The van der Waals surface area contributed by atoms with Crippen molar-refractivity contribution < 1.29 is 9.53 Å². The maximum atomic E-state index is 12.4. The molecule has 2 aromatic heterocycles. The minimum absolute atomic E-state index is 0.0204. The Hall–Kier alpha value is -2.38. The number of carbonyl (C=O) groups excluding carboxylic acids is 1. The van der Waals surface area contributed by atoms with Crippen molar-refractivity contribution in [2.75, 3.05) is 6.61 Å². The maximum Gasteiger partial charge on any atom is 0.374 e. The molecule has 22 heavy (non-hydrogen) atoms. The van der Waals surface area contributed by atoms with Crippen LogP contribution in [0.25, 0.3) is 11.2 Å². The van der Waals surface area contributed by atoms with Crippen LogP contribution in [0.5, 0.6) is 0 Å². The minimum Gasteiger partial charge on any atom is -0.460 e. The van der Waals surface area contributed by atoms with Gasteiger partial charge in [0.2, 0.25) is 5.82 Å². The molecule has 120 valence electrons. The summed E-state index contributed by atoms with van der Waals surface area (Å²) in [5, 5.41) is 0. The smallest absolute Gasteiger partial charge is 0.374 e. The topological polar surface area (TPSA) is 88.1 Å². The average molecular weight is 308 g/mol. The molecule has 0 bridgehead atoms. The van der Waals surface area contributed by atoms with Gasteiger partial charge in [-0.3, -0.25) is 13.9 Å². The fourth-order valence-corrected chi connectivity index (χ4v) is 2.28. The van der Waals surface area contributed by atoms with Gasteiger partial charge in [-0.25, -0.2) is 14.6 Å². The number of hydrogen-bond acceptors (Lipinski definition) is 5. The zero-order chi connectivity index (χ0) is 16.4. The third kappa shape index (κ3) is 2.44. The van der Waals surface area contributed by atoms with Crippen LogP contribution in [-0.4, -0.2) is 31.3 Å². The molecule has 0 aliphatic rings. The molecule has 2 rings (SSSR count). The van der Waals surface area contributed by atoms with E-state index in [0.717, 1.165) is 17.4 Å². The summed E-state index contributed by atoms with van der Waals surface area (Å²) in [5.41, 5.74) is -0.511. The average Bonchev–Trinajstić information content (AvgIpc) is 2.84. The van der Waals surface area contributed by atoms with Gasteiger partial charge in [-0.05, 0) is 13.3 Å². The second-order valence-electron chi connectivity index (χ2n) is 5.05. The summed E-state index contributed by atoms with van der Waals surface area (Å²) in [6, 6.07) is 0. The van der Waals surface area contributed by atoms with E-state index in [2.05, 4.69) is 4.98 Å². The molecule has 8 heteroatoms. The molecule has 0 saturated carbocycles. The number of fused-ring (bicyclic) bond motifs is 1. The summed E-state index contributed by atoms with van der Waals surface area (Å²) in [6.45, 7) is 4.26. The Bertz CT molecular complexity index is 828. The Morgan fingerprint density at radius 1 is 1.18 bits per heavy atom. The van der Waals surface area contributed by atoms with E-state index in [1.807, 2.05) is 6.92 Å². The Labute approximate surface area is 126 Å². The molecule has 2 heterocycles. The zero-order valence-corrected chi connectivity index (χ0v) is 13.3. The van der Waals surface area contributed by atoms with E-state index in [0.29, 0.717) is 6.61 Å². The van der Waals surface area contributed by atoms with Gasteiger partial charge >= 0.3 is 11.7 Å². The number of imidazole rings is 1. The first-order valence-corrected chi connectivity index (χ1v) is 7.27. The lowest BCUT2D eigenvalue weighted by molar-refractivity contribution is 0.0482. The molecule has 0 saturated heterocycles. The summed E-state index contributed by atoms with van der Waals surface area (Å²) in [4.78, 5) is 40.7. The van der Waals surface area contributed by atoms with Crippen LogP contribution in [-0.2, 0) is 25.4 Å². The largest absolute Gasteiger partial charge is 0.460 e. The highest BCUT2D eigenvalue weighted by Gasteiger charge is 2.22. The highest BCUT2D eigenvalue weighted by atomic mass is 16.5. The quantitative estimate of drug-likeness (QED) is 0.589. The lowest BCUT2D eigenvalue weighted by atomic mass is 10.4. The molecule has 0 unspecified atom stereocenters. The minimum atomic E-state index is -0.595. The standard InChI is InChI=1S/C14H20N4O4/c1-5-7-8-22-13(20)11-15-10-9(16(11)3)12(19)18(6-2)14(21)17(10)4/h5-8H2,1-4H3. The number of esters is 1. The number of carbonyl (C=O) groups is 1. The summed E-state index contributed by atoms with van der Waals surface area (Å²) in [6.07, 6.45) is 1.67. The van der Waals surface area contributed by atoms with Crippen molar-refractivity contribution in [1.29, 1.82) is 0 Å². The SMILES string of the molecule is CCCCOC(=O)c1nc2c(c(=O)n(CC)c(=O)n2C)n1C.